The zero-order valence-corrected chi connectivity index (χ0v) is 15.8. The van der Waals surface area contributed by atoms with Crippen LogP contribution in [-0.2, 0) is 17.8 Å². The molecule has 2 N–H and O–H groups in total. The molecule has 0 heterocycles. The van der Waals surface area contributed by atoms with Crippen LogP contribution in [0.1, 0.15) is 49.7 Å². The van der Waals surface area contributed by atoms with E-state index in [1.165, 1.54) is 24.0 Å². The molecule has 27 heavy (non-hydrogen) atoms. The first-order valence-corrected chi connectivity index (χ1v) is 9.94. The Morgan fingerprint density at radius 1 is 1.07 bits per heavy atom. The first-order valence-electron chi connectivity index (χ1n) is 9.94. The molecule has 3 rings (SSSR count). The van der Waals surface area contributed by atoms with Crippen molar-refractivity contribution in [3.8, 4) is 5.75 Å². The van der Waals surface area contributed by atoms with Gasteiger partial charge in [0.1, 0.15) is 5.75 Å². The van der Waals surface area contributed by atoms with Gasteiger partial charge in [-0.05, 0) is 61.8 Å². The second-order valence-electron chi connectivity index (χ2n) is 7.37. The highest BCUT2D eigenvalue weighted by Gasteiger charge is 2.16. The quantitative estimate of drug-likeness (QED) is 0.646. The largest absolute Gasteiger partial charge is 0.490 e. The SMILES string of the molecule is O=C(O)CCC(Cc1ccccc1)NCc1cccc(OC2CCCC2)c1. The monoisotopic (exact) mass is 367 g/mol. The van der Waals surface area contributed by atoms with Crippen molar-refractivity contribution in [2.75, 3.05) is 0 Å². The lowest BCUT2D eigenvalue weighted by Gasteiger charge is -2.19. The molecular weight excluding hydrogens is 338 g/mol. The van der Waals surface area contributed by atoms with Gasteiger partial charge in [0.05, 0.1) is 6.10 Å². The predicted octanol–water partition coefficient (Wildman–Crippen LogP) is 4.57. The van der Waals surface area contributed by atoms with Crippen LogP contribution in [0.2, 0.25) is 0 Å². The molecule has 0 saturated heterocycles. The number of rotatable bonds is 10. The van der Waals surface area contributed by atoms with Crippen molar-refractivity contribution in [3.63, 3.8) is 0 Å². The molecule has 0 radical (unpaired) electrons. The number of nitrogens with one attached hydrogen (secondary N) is 1. The summed E-state index contributed by atoms with van der Waals surface area (Å²) in [5.74, 6) is 0.188. The molecule has 0 aromatic heterocycles. The molecule has 4 heteroatoms. The number of aliphatic carboxylic acids is 1. The normalized spacial score (nSPS) is 15.6. The number of ether oxygens (including phenoxy) is 1. The van der Waals surface area contributed by atoms with Crippen LogP contribution in [0.5, 0.6) is 5.75 Å². The third-order valence-corrected chi connectivity index (χ3v) is 5.13. The van der Waals surface area contributed by atoms with E-state index < -0.39 is 5.97 Å². The molecule has 1 atom stereocenters. The van der Waals surface area contributed by atoms with E-state index in [1.807, 2.05) is 30.3 Å². The lowest BCUT2D eigenvalue weighted by molar-refractivity contribution is -0.137. The summed E-state index contributed by atoms with van der Waals surface area (Å²) in [5, 5.41) is 12.6. The maximum Gasteiger partial charge on any atom is 0.303 e. The van der Waals surface area contributed by atoms with Gasteiger partial charge in [0.2, 0.25) is 0 Å². The highest BCUT2D eigenvalue weighted by Crippen LogP contribution is 2.24. The lowest BCUT2D eigenvalue weighted by Crippen LogP contribution is -2.31. The summed E-state index contributed by atoms with van der Waals surface area (Å²) in [6, 6.07) is 18.6. The average Bonchev–Trinajstić information content (AvgIpc) is 3.18. The Bertz CT molecular complexity index is 711. The summed E-state index contributed by atoms with van der Waals surface area (Å²) in [5.41, 5.74) is 2.39. The van der Waals surface area contributed by atoms with Gasteiger partial charge in [0.25, 0.3) is 0 Å². The van der Waals surface area contributed by atoms with Crippen molar-refractivity contribution >= 4 is 5.97 Å². The minimum Gasteiger partial charge on any atom is -0.490 e. The molecule has 0 spiro atoms. The molecule has 4 nitrogen and oxygen atoms in total. The van der Waals surface area contributed by atoms with Gasteiger partial charge >= 0.3 is 5.97 Å². The van der Waals surface area contributed by atoms with E-state index in [0.717, 1.165) is 25.0 Å². The summed E-state index contributed by atoms with van der Waals surface area (Å²) in [4.78, 5) is 11.0. The second-order valence-corrected chi connectivity index (χ2v) is 7.37. The van der Waals surface area contributed by atoms with Crippen LogP contribution in [0, 0.1) is 0 Å². The minimum atomic E-state index is -0.748. The van der Waals surface area contributed by atoms with E-state index in [2.05, 4.69) is 29.6 Å². The zero-order valence-electron chi connectivity index (χ0n) is 15.8. The molecule has 2 aromatic carbocycles. The van der Waals surface area contributed by atoms with Crippen molar-refractivity contribution in [2.24, 2.45) is 0 Å². The summed E-state index contributed by atoms with van der Waals surface area (Å²) < 4.78 is 6.09. The Kier molecular flexibility index (Phi) is 7.28. The average molecular weight is 367 g/mol. The van der Waals surface area contributed by atoms with Crippen LogP contribution < -0.4 is 10.1 Å². The van der Waals surface area contributed by atoms with Crippen LogP contribution in [0.4, 0.5) is 0 Å². The third-order valence-electron chi connectivity index (χ3n) is 5.13. The van der Waals surface area contributed by atoms with Gasteiger partial charge < -0.3 is 15.2 Å². The summed E-state index contributed by atoms with van der Waals surface area (Å²) >= 11 is 0. The van der Waals surface area contributed by atoms with Gasteiger partial charge in [0.15, 0.2) is 0 Å². The molecule has 2 aromatic rings. The fraction of sp³-hybridized carbons (Fsp3) is 0.435. The Labute approximate surface area is 161 Å². The highest BCUT2D eigenvalue weighted by atomic mass is 16.5. The van der Waals surface area contributed by atoms with Gasteiger partial charge in [-0.3, -0.25) is 4.79 Å². The molecular formula is C23H29NO3. The number of carboxylic acid groups (broad SMARTS) is 1. The first kappa shape index (κ1) is 19.4. The molecule has 0 amide bonds. The van der Waals surface area contributed by atoms with E-state index in [0.29, 0.717) is 19.1 Å². The van der Waals surface area contributed by atoms with Gasteiger partial charge in [-0.1, -0.05) is 42.5 Å². The fourth-order valence-corrected chi connectivity index (χ4v) is 3.66. The van der Waals surface area contributed by atoms with Crippen LogP contribution in [0.3, 0.4) is 0 Å². The van der Waals surface area contributed by atoms with E-state index in [4.69, 9.17) is 9.84 Å². The molecule has 0 bridgehead atoms. The van der Waals surface area contributed by atoms with Gasteiger partial charge in [-0.25, -0.2) is 0 Å². The van der Waals surface area contributed by atoms with Crippen molar-refractivity contribution < 1.29 is 14.6 Å². The Morgan fingerprint density at radius 3 is 2.56 bits per heavy atom. The lowest BCUT2D eigenvalue weighted by atomic mass is 10.0. The number of carboxylic acids is 1. The predicted molar refractivity (Wildman–Crippen MR) is 107 cm³/mol. The zero-order chi connectivity index (χ0) is 18.9. The minimum absolute atomic E-state index is 0.128. The number of carbonyl (C=O) groups is 1. The Hall–Kier alpha value is -2.33. The standard InChI is InChI=1S/C23H29NO3/c25-23(26)14-13-20(15-18-7-2-1-3-8-18)24-17-19-9-6-12-22(16-19)27-21-10-4-5-11-21/h1-3,6-9,12,16,20-21,24H,4-5,10-11,13-15,17H2,(H,25,26). The second kappa shape index (κ2) is 10.1. The first-order chi connectivity index (χ1) is 13.2. The molecule has 1 aliphatic carbocycles. The smallest absolute Gasteiger partial charge is 0.303 e. The van der Waals surface area contributed by atoms with E-state index in [1.54, 1.807) is 0 Å². The van der Waals surface area contributed by atoms with Crippen molar-refractivity contribution in [1.82, 2.24) is 5.32 Å². The number of benzene rings is 2. The molecule has 1 saturated carbocycles. The van der Waals surface area contributed by atoms with Crippen LogP contribution in [0.25, 0.3) is 0 Å². The Morgan fingerprint density at radius 2 is 1.81 bits per heavy atom. The summed E-state index contributed by atoms with van der Waals surface area (Å²) in [6.45, 7) is 0.707. The molecule has 1 fully saturated rings. The molecule has 0 aliphatic heterocycles. The van der Waals surface area contributed by atoms with Crippen molar-refractivity contribution in [2.45, 2.75) is 63.6 Å². The van der Waals surface area contributed by atoms with E-state index >= 15 is 0 Å². The Balaban J connectivity index is 1.57. The van der Waals surface area contributed by atoms with E-state index in [-0.39, 0.29) is 12.5 Å². The van der Waals surface area contributed by atoms with Crippen molar-refractivity contribution in [3.05, 3.63) is 65.7 Å². The van der Waals surface area contributed by atoms with Crippen molar-refractivity contribution in [1.29, 1.82) is 0 Å². The molecule has 144 valence electrons. The highest BCUT2D eigenvalue weighted by molar-refractivity contribution is 5.66. The van der Waals surface area contributed by atoms with Crippen LogP contribution in [0.15, 0.2) is 54.6 Å². The maximum atomic E-state index is 11.0. The number of hydrogen-bond donors (Lipinski definition) is 2. The maximum absolute atomic E-state index is 11.0. The van der Waals surface area contributed by atoms with E-state index in [9.17, 15) is 4.79 Å². The third kappa shape index (κ3) is 6.72. The van der Waals surface area contributed by atoms with Gasteiger partial charge in [-0.15, -0.1) is 0 Å². The number of hydrogen-bond acceptors (Lipinski definition) is 3. The fourth-order valence-electron chi connectivity index (χ4n) is 3.66. The summed E-state index contributed by atoms with van der Waals surface area (Å²) in [6.07, 6.45) is 6.79. The van der Waals surface area contributed by atoms with Crippen LogP contribution >= 0.6 is 0 Å². The topological polar surface area (TPSA) is 58.6 Å². The summed E-state index contributed by atoms with van der Waals surface area (Å²) in [7, 11) is 0. The molecule has 1 aliphatic rings. The molecule has 1 unspecified atom stereocenters. The van der Waals surface area contributed by atoms with Gasteiger partial charge in [-0.2, -0.15) is 0 Å². The van der Waals surface area contributed by atoms with Crippen LogP contribution in [-0.4, -0.2) is 23.2 Å². The van der Waals surface area contributed by atoms with Gasteiger partial charge in [0, 0.05) is 19.0 Å².